The van der Waals surface area contributed by atoms with E-state index >= 15 is 0 Å². The highest BCUT2D eigenvalue weighted by Gasteiger charge is 2.19. The molecule has 0 aliphatic rings. The van der Waals surface area contributed by atoms with Gasteiger partial charge in [-0.2, -0.15) is 0 Å². The molecule has 0 radical (unpaired) electrons. The van der Waals surface area contributed by atoms with E-state index in [1.807, 2.05) is 26.8 Å². The smallest absolute Gasteiger partial charge is 0.274 e. The lowest BCUT2D eigenvalue weighted by atomic mass is 10.1. The van der Waals surface area contributed by atoms with Gasteiger partial charge in [-0.15, -0.1) is 0 Å². The average molecular weight is 365 g/mol. The summed E-state index contributed by atoms with van der Waals surface area (Å²) in [6.07, 6.45) is 1.74. The van der Waals surface area contributed by atoms with Gasteiger partial charge < -0.3 is 9.47 Å². The lowest BCUT2D eigenvalue weighted by Gasteiger charge is -2.16. The first kappa shape index (κ1) is 18.5. The minimum absolute atomic E-state index is 0.307. The number of aryl methyl sites for hydroxylation is 3. The standard InChI is InChI=1S/C21H23N3O3/c1-13-9-10-14(2)17(11-13)20-22-12-15(3)24(20)23-21(25)16-7-6-8-18(26-4)19(16)27-5/h6-12H,1-5H3,(H,23,25). The normalized spacial score (nSPS) is 10.6. The fourth-order valence-corrected chi connectivity index (χ4v) is 2.97. The summed E-state index contributed by atoms with van der Waals surface area (Å²) in [5, 5.41) is 0. The number of carbonyl (C=O) groups is 1. The van der Waals surface area contributed by atoms with Gasteiger partial charge in [0, 0.05) is 5.56 Å². The van der Waals surface area contributed by atoms with Crippen LogP contribution in [0.4, 0.5) is 0 Å². The summed E-state index contributed by atoms with van der Waals surface area (Å²) in [5.74, 6) is 1.27. The van der Waals surface area contributed by atoms with E-state index in [1.165, 1.54) is 14.2 Å². The largest absolute Gasteiger partial charge is 0.493 e. The highest BCUT2D eigenvalue weighted by Crippen LogP contribution is 2.31. The van der Waals surface area contributed by atoms with Gasteiger partial charge in [-0.1, -0.05) is 23.8 Å². The number of para-hydroxylation sites is 1. The number of benzene rings is 2. The number of nitrogens with zero attached hydrogens (tertiary/aromatic N) is 2. The number of aromatic nitrogens is 2. The van der Waals surface area contributed by atoms with E-state index in [-0.39, 0.29) is 5.91 Å². The van der Waals surface area contributed by atoms with Crippen molar-refractivity contribution in [2.24, 2.45) is 0 Å². The highest BCUT2D eigenvalue weighted by atomic mass is 16.5. The summed E-state index contributed by atoms with van der Waals surface area (Å²) in [6, 6.07) is 11.4. The van der Waals surface area contributed by atoms with Crippen LogP contribution in [0, 0.1) is 20.8 Å². The molecule has 1 N–H and O–H groups in total. The lowest BCUT2D eigenvalue weighted by Crippen LogP contribution is -2.25. The van der Waals surface area contributed by atoms with Gasteiger partial charge in [0.15, 0.2) is 17.3 Å². The van der Waals surface area contributed by atoms with Gasteiger partial charge in [-0.05, 0) is 44.5 Å². The first-order valence-corrected chi connectivity index (χ1v) is 8.60. The Morgan fingerprint density at radius 1 is 1.07 bits per heavy atom. The first-order chi connectivity index (χ1) is 13.0. The van der Waals surface area contributed by atoms with Gasteiger partial charge in [-0.3, -0.25) is 10.2 Å². The molecule has 3 rings (SSSR count). The van der Waals surface area contributed by atoms with Crippen LogP contribution in [-0.2, 0) is 0 Å². The monoisotopic (exact) mass is 365 g/mol. The Bertz CT molecular complexity index is 992. The summed E-state index contributed by atoms with van der Waals surface area (Å²) in [5.41, 5.74) is 7.32. The van der Waals surface area contributed by atoms with E-state index in [9.17, 15) is 4.79 Å². The fraction of sp³-hybridized carbons (Fsp3) is 0.238. The Hall–Kier alpha value is -3.28. The molecule has 0 spiro atoms. The number of imidazole rings is 1. The van der Waals surface area contributed by atoms with Gasteiger partial charge >= 0.3 is 0 Å². The second-order valence-electron chi connectivity index (χ2n) is 6.36. The van der Waals surface area contributed by atoms with E-state index in [0.717, 1.165) is 22.4 Å². The van der Waals surface area contributed by atoms with Crippen molar-refractivity contribution in [1.82, 2.24) is 9.66 Å². The van der Waals surface area contributed by atoms with Crippen LogP contribution in [-0.4, -0.2) is 29.8 Å². The van der Waals surface area contributed by atoms with E-state index in [1.54, 1.807) is 29.1 Å². The highest BCUT2D eigenvalue weighted by molar-refractivity contribution is 6.03. The Kier molecular flexibility index (Phi) is 5.16. The zero-order valence-electron chi connectivity index (χ0n) is 16.2. The minimum atomic E-state index is -0.307. The Morgan fingerprint density at radius 2 is 1.85 bits per heavy atom. The zero-order chi connectivity index (χ0) is 19.6. The second kappa shape index (κ2) is 7.53. The van der Waals surface area contributed by atoms with Crippen LogP contribution < -0.4 is 14.9 Å². The van der Waals surface area contributed by atoms with Gasteiger partial charge in [0.1, 0.15) is 0 Å². The molecule has 0 aliphatic carbocycles. The molecule has 1 heterocycles. The molecule has 6 heteroatoms. The van der Waals surface area contributed by atoms with E-state index in [0.29, 0.717) is 22.9 Å². The molecular formula is C21H23N3O3. The topological polar surface area (TPSA) is 65.4 Å². The summed E-state index contributed by atoms with van der Waals surface area (Å²) in [4.78, 5) is 17.5. The van der Waals surface area contributed by atoms with E-state index in [4.69, 9.17) is 9.47 Å². The van der Waals surface area contributed by atoms with Gasteiger partial charge in [0.2, 0.25) is 0 Å². The number of rotatable bonds is 5. The molecule has 0 aliphatic heterocycles. The summed E-state index contributed by atoms with van der Waals surface area (Å²) >= 11 is 0. The zero-order valence-corrected chi connectivity index (χ0v) is 16.2. The predicted octanol–water partition coefficient (Wildman–Crippen LogP) is 3.88. The van der Waals surface area contributed by atoms with Gasteiger partial charge in [0.25, 0.3) is 5.91 Å². The van der Waals surface area contributed by atoms with Crippen LogP contribution in [0.3, 0.4) is 0 Å². The van der Waals surface area contributed by atoms with Crippen LogP contribution >= 0.6 is 0 Å². The molecule has 0 saturated carbocycles. The van der Waals surface area contributed by atoms with Crippen molar-refractivity contribution in [3.8, 4) is 22.9 Å². The molecule has 0 bridgehead atoms. The number of hydrogen-bond acceptors (Lipinski definition) is 4. The maximum absolute atomic E-state index is 13.0. The van der Waals surface area contributed by atoms with Gasteiger partial charge in [0.05, 0.1) is 31.7 Å². The molecule has 0 atom stereocenters. The third-order valence-corrected chi connectivity index (χ3v) is 4.43. The lowest BCUT2D eigenvalue weighted by molar-refractivity contribution is 0.100. The van der Waals surface area contributed by atoms with Crippen LogP contribution in [0.5, 0.6) is 11.5 Å². The number of hydrogen-bond donors (Lipinski definition) is 1. The Morgan fingerprint density at radius 3 is 2.56 bits per heavy atom. The molecule has 6 nitrogen and oxygen atoms in total. The number of nitrogens with one attached hydrogen (secondary N) is 1. The van der Waals surface area contributed by atoms with Crippen molar-refractivity contribution in [3.63, 3.8) is 0 Å². The van der Waals surface area contributed by atoms with Crippen molar-refractivity contribution in [2.45, 2.75) is 20.8 Å². The molecule has 27 heavy (non-hydrogen) atoms. The van der Waals surface area contributed by atoms with Crippen molar-refractivity contribution >= 4 is 5.91 Å². The second-order valence-corrected chi connectivity index (χ2v) is 6.36. The van der Waals surface area contributed by atoms with Crippen molar-refractivity contribution in [1.29, 1.82) is 0 Å². The molecule has 1 amide bonds. The quantitative estimate of drug-likeness (QED) is 0.745. The fourth-order valence-electron chi connectivity index (χ4n) is 2.97. The molecular weight excluding hydrogens is 342 g/mol. The number of carbonyl (C=O) groups excluding carboxylic acids is 1. The molecule has 140 valence electrons. The molecule has 1 aromatic heterocycles. The number of amides is 1. The Balaban J connectivity index is 2.02. The van der Waals surface area contributed by atoms with Crippen LogP contribution in [0.15, 0.2) is 42.6 Å². The molecule has 0 saturated heterocycles. The SMILES string of the molecule is COc1cccc(C(=O)Nn2c(C)cnc2-c2cc(C)ccc2C)c1OC. The summed E-state index contributed by atoms with van der Waals surface area (Å²) in [7, 11) is 3.05. The van der Waals surface area contributed by atoms with Gasteiger partial charge in [-0.25, -0.2) is 9.66 Å². The Labute approximate surface area is 158 Å². The predicted molar refractivity (Wildman–Crippen MR) is 105 cm³/mol. The van der Waals surface area contributed by atoms with Crippen molar-refractivity contribution < 1.29 is 14.3 Å². The van der Waals surface area contributed by atoms with Crippen LogP contribution in [0.25, 0.3) is 11.4 Å². The average Bonchev–Trinajstić information content (AvgIpc) is 3.03. The van der Waals surface area contributed by atoms with Crippen LogP contribution in [0.2, 0.25) is 0 Å². The third-order valence-electron chi connectivity index (χ3n) is 4.43. The molecule has 3 aromatic rings. The summed E-state index contributed by atoms with van der Waals surface area (Å²) in [6.45, 7) is 5.95. The summed E-state index contributed by atoms with van der Waals surface area (Å²) < 4.78 is 12.4. The molecule has 0 unspecified atom stereocenters. The number of methoxy groups -OCH3 is 2. The maximum Gasteiger partial charge on any atom is 0.274 e. The van der Waals surface area contributed by atoms with Crippen molar-refractivity contribution in [3.05, 3.63) is 65.0 Å². The maximum atomic E-state index is 13.0. The molecule has 0 fully saturated rings. The minimum Gasteiger partial charge on any atom is -0.493 e. The van der Waals surface area contributed by atoms with Crippen LogP contribution in [0.1, 0.15) is 27.2 Å². The van der Waals surface area contributed by atoms with E-state index < -0.39 is 0 Å². The third kappa shape index (κ3) is 3.51. The van der Waals surface area contributed by atoms with Crippen molar-refractivity contribution in [2.75, 3.05) is 19.6 Å². The first-order valence-electron chi connectivity index (χ1n) is 8.60. The number of ether oxygens (including phenoxy) is 2. The molecule has 2 aromatic carbocycles. The van der Waals surface area contributed by atoms with E-state index in [2.05, 4.69) is 22.5 Å².